The van der Waals surface area contributed by atoms with Gasteiger partial charge in [-0.25, -0.2) is 4.79 Å². The van der Waals surface area contributed by atoms with E-state index in [0.717, 1.165) is 18.4 Å². The zero-order chi connectivity index (χ0) is 27.7. The van der Waals surface area contributed by atoms with Gasteiger partial charge in [-0.15, -0.1) is 0 Å². The molecule has 0 bridgehead atoms. The van der Waals surface area contributed by atoms with E-state index in [1.54, 1.807) is 6.08 Å². The highest BCUT2D eigenvalue weighted by Crippen LogP contribution is 2.56. The number of allylic oxidation sites excluding steroid dienone is 2. The van der Waals surface area contributed by atoms with Crippen molar-refractivity contribution in [2.75, 3.05) is 6.61 Å². The molecule has 0 amide bonds. The number of carbonyl (C=O) groups is 1. The summed E-state index contributed by atoms with van der Waals surface area (Å²) < 4.78 is 18.1. The maximum absolute atomic E-state index is 12.7. The first kappa shape index (κ1) is 28.9. The Labute approximate surface area is 224 Å². The van der Waals surface area contributed by atoms with Gasteiger partial charge in [0.1, 0.15) is 18.3 Å². The van der Waals surface area contributed by atoms with E-state index in [9.17, 15) is 25.2 Å². The van der Waals surface area contributed by atoms with E-state index in [1.165, 1.54) is 11.6 Å². The highest BCUT2D eigenvalue weighted by Gasteiger charge is 2.58. The average Bonchev–Trinajstić information content (AvgIpc) is 2.90. The van der Waals surface area contributed by atoms with Crippen molar-refractivity contribution in [3.8, 4) is 0 Å². The molecule has 9 atom stereocenters. The highest BCUT2D eigenvalue weighted by atomic mass is 16.7. The number of benzene rings is 1. The van der Waals surface area contributed by atoms with Crippen LogP contribution in [0.3, 0.4) is 0 Å². The molecule has 1 saturated carbocycles. The van der Waals surface area contributed by atoms with Gasteiger partial charge in [-0.05, 0) is 56.1 Å². The van der Waals surface area contributed by atoms with Crippen LogP contribution < -0.4 is 0 Å². The minimum atomic E-state index is -1.53. The first-order valence-electron chi connectivity index (χ1n) is 13.6. The number of aliphatic hydroxyl groups excluding tert-OH is 4. The smallest absolute Gasteiger partial charge is 0.331 e. The first-order chi connectivity index (χ1) is 18.0. The minimum Gasteiger partial charge on any atom is -0.451 e. The van der Waals surface area contributed by atoms with Crippen molar-refractivity contribution in [3.63, 3.8) is 0 Å². The summed E-state index contributed by atoms with van der Waals surface area (Å²) in [7, 11) is 0. The van der Waals surface area contributed by atoms with Gasteiger partial charge in [0.05, 0.1) is 18.3 Å². The van der Waals surface area contributed by atoms with Crippen molar-refractivity contribution < 1.29 is 39.4 Å². The molecule has 1 heterocycles. The zero-order valence-electron chi connectivity index (χ0n) is 22.7. The van der Waals surface area contributed by atoms with E-state index >= 15 is 0 Å². The quantitative estimate of drug-likeness (QED) is 0.241. The molecule has 4 rings (SSSR count). The second-order valence-electron chi connectivity index (χ2n) is 11.7. The van der Waals surface area contributed by atoms with Crippen LogP contribution in [0.15, 0.2) is 48.1 Å². The van der Waals surface area contributed by atoms with Gasteiger partial charge in [0.25, 0.3) is 0 Å². The van der Waals surface area contributed by atoms with Gasteiger partial charge in [-0.1, -0.05) is 62.8 Å². The Morgan fingerprint density at radius 3 is 2.53 bits per heavy atom. The fourth-order valence-electron chi connectivity index (χ4n) is 6.31. The summed E-state index contributed by atoms with van der Waals surface area (Å²) in [5.41, 5.74) is 0.911. The summed E-state index contributed by atoms with van der Waals surface area (Å²) in [5.74, 6) is -0.424. The molecule has 2 aliphatic carbocycles. The van der Waals surface area contributed by atoms with Gasteiger partial charge < -0.3 is 34.6 Å². The molecular weight excluding hydrogens is 488 g/mol. The molecule has 1 saturated heterocycles. The molecule has 1 aromatic rings. The topological polar surface area (TPSA) is 126 Å². The summed E-state index contributed by atoms with van der Waals surface area (Å²) in [6.45, 7) is 7.83. The fraction of sp³-hybridized carbons (Fsp3) is 0.633. The van der Waals surface area contributed by atoms with Gasteiger partial charge in [0, 0.05) is 11.5 Å². The van der Waals surface area contributed by atoms with Crippen molar-refractivity contribution in [2.24, 2.45) is 17.3 Å². The molecule has 0 unspecified atom stereocenters. The van der Waals surface area contributed by atoms with Crippen molar-refractivity contribution in [3.05, 3.63) is 53.6 Å². The molecule has 0 aromatic heterocycles. The molecule has 3 aliphatic rings. The maximum atomic E-state index is 12.7. The van der Waals surface area contributed by atoms with Gasteiger partial charge in [-0.3, -0.25) is 0 Å². The second-order valence-corrected chi connectivity index (χ2v) is 11.7. The number of hydrogen-bond acceptors (Lipinski definition) is 8. The van der Waals surface area contributed by atoms with Gasteiger partial charge in [0.15, 0.2) is 12.4 Å². The zero-order valence-corrected chi connectivity index (χ0v) is 22.7. The van der Waals surface area contributed by atoms with Crippen LogP contribution in [0.1, 0.15) is 58.9 Å². The third-order valence-electron chi connectivity index (χ3n) is 8.87. The third kappa shape index (κ3) is 5.76. The Morgan fingerprint density at radius 2 is 1.87 bits per heavy atom. The van der Waals surface area contributed by atoms with E-state index in [4.69, 9.17) is 14.2 Å². The van der Waals surface area contributed by atoms with Crippen LogP contribution in [0.2, 0.25) is 0 Å². The van der Waals surface area contributed by atoms with Crippen molar-refractivity contribution in [1.29, 1.82) is 0 Å². The first-order valence-corrected chi connectivity index (χ1v) is 13.6. The van der Waals surface area contributed by atoms with Crippen molar-refractivity contribution in [1.82, 2.24) is 0 Å². The Bertz CT molecular complexity index is 1020. The lowest BCUT2D eigenvalue weighted by atomic mass is 9.54. The predicted molar refractivity (Wildman–Crippen MR) is 142 cm³/mol. The Hall–Kier alpha value is -2.07. The molecule has 0 radical (unpaired) electrons. The second kappa shape index (κ2) is 11.6. The number of aliphatic hydroxyl groups is 4. The summed E-state index contributed by atoms with van der Waals surface area (Å²) in [4.78, 5) is 12.7. The Balaban J connectivity index is 1.59. The molecule has 4 N–H and O–H groups in total. The van der Waals surface area contributed by atoms with Gasteiger partial charge in [0.2, 0.25) is 0 Å². The predicted octanol–water partition coefficient (Wildman–Crippen LogP) is 2.98. The molecule has 8 heteroatoms. The normalized spacial score (nSPS) is 39.6. The van der Waals surface area contributed by atoms with Crippen LogP contribution in [0.5, 0.6) is 0 Å². The Morgan fingerprint density at radius 1 is 1.16 bits per heavy atom. The Kier molecular flexibility index (Phi) is 8.81. The largest absolute Gasteiger partial charge is 0.451 e. The average molecular weight is 531 g/mol. The monoisotopic (exact) mass is 530 g/mol. The lowest BCUT2D eigenvalue weighted by molar-refractivity contribution is -0.342. The number of carbonyl (C=O) groups excluding carboxylic acids is 1. The SMILES string of the molecule is CC(C)C1=CC[C@]2(C)[C@@H](O)CC[C@@](C)(O[C@@H]3O[C@H](CO)[C@@H](O)[C@H](O)[C@H]3OC(=O)/C=C/c3ccccc3)[C@H]2C1. The molecule has 8 nitrogen and oxygen atoms in total. The van der Waals surface area contributed by atoms with E-state index in [0.29, 0.717) is 18.8 Å². The van der Waals surface area contributed by atoms with Crippen molar-refractivity contribution in [2.45, 2.75) is 95.8 Å². The fourth-order valence-corrected chi connectivity index (χ4v) is 6.31. The van der Waals surface area contributed by atoms with Crippen LogP contribution in [0.4, 0.5) is 0 Å². The van der Waals surface area contributed by atoms with Crippen LogP contribution >= 0.6 is 0 Å². The van der Waals surface area contributed by atoms with Crippen LogP contribution in [0.25, 0.3) is 6.08 Å². The van der Waals surface area contributed by atoms with E-state index in [1.807, 2.05) is 37.3 Å². The lowest BCUT2D eigenvalue weighted by Crippen LogP contribution is -2.64. The molecule has 38 heavy (non-hydrogen) atoms. The van der Waals surface area contributed by atoms with Gasteiger partial charge >= 0.3 is 5.97 Å². The summed E-state index contributed by atoms with van der Waals surface area (Å²) >= 11 is 0. The molecule has 1 aliphatic heterocycles. The van der Waals surface area contributed by atoms with Crippen LogP contribution in [-0.4, -0.2) is 75.4 Å². The van der Waals surface area contributed by atoms with Crippen LogP contribution in [0, 0.1) is 17.3 Å². The van der Waals surface area contributed by atoms with E-state index < -0.39 is 60.4 Å². The maximum Gasteiger partial charge on any atom is 0.331 e. The molecule has 0 spiro atoms. The summed E-state index contributed by atoms with van der Waals surface area (Å²) in [6, 6.07) is 9.24. The molecule has 2 fully saturated rings. The van der Waals surface area contributed by atoms with Crippen LogP contribution in [-0.2, 0) is 19.0 Å². The molecule has 210 valence electrons. The lowest BCUT2D eigenvalue weighted by Gasteiger charge is -2.57. The van der Waals surface area contributed by atoms with E-state index in [-0.39, 0.29) is 5.92 Å². The number of fused-ring (bicyclic) bond motifs is 1. The molecular formula is C30H42O8. The summed E-state index contributed by atoms with van der Waals surface area (Å²) in [6.07, 6.45) is 0.481. The highest BCUT2D eigenvalue weighted by molar-refractivity contribution is 5.87. The number of ether oxygens (including phenoxy) is 3. The van der Waals surface area contributed by atoms with Gasteiger partial charge in [-0.2, -0.15) is 0 Å². The van der Waals surface area contributed by atoms with E-state index in [2.05, 4.69) is 26.8 Å². The number of hydrogen-bond donors (Lipinski definition) is 4. The third-order valence-corrected chi connectivity index (χ3v) is 8.87. The number of rotatable bonds is 7. The minimum absolute atomic E-state index is 0.0596. The standard InChI is InChI=1S/C30H42O8/c1-18(2)20-12-14-29(3)22(16-20)30(4,15-13-23(29)32)38-28-27(26(35)25(34)21(17-31)36-28)37-24(33)11-10-19-8-6-5-7-9-19/h5-12,18,21-23,25-28,31-32,34-35H,13-17H2,1-4H3/b11-10+/t21-,22+,23+,25-,26+,27-,28+,29+,30-/m1/s1. The summed E-state index contributed by atoms with van der Waals surface area (Å²) in [5, 5.41) is 42.3. The molecule has 1 aromatic carbocycles. The van der Waals surface area contributed by atoms with Crippen molar-refractivity contribution >= 4 is 12.0 Å². The number of esters is 1.